The van der Waals surface area contributed by atoms with Crippen molar-refractivity contribution >= 4 is 11.9 Å². The second-order valence-electron chi connectivity index (χ2n) is 5.20. The van der Waals surface area contributed by atoms with Crippen LogP contribution in [-0.2, 0) is 20.7 Å². The summed E-state index contributed by atoms with van der Waals surface area (Å²) in [5, 5.41) is 2.63. The summed E-state index contributed by atoms with van der Waals surface area (Å²) in [5.74, 6) is 0.637. The van der Waals surface area contributed by atoms with Gasteiger partial charge in [-0.25, -0.2) is 0 Å². The van der Waals surface area contributed by atoms with E-state index in [2.05, 4.69) is 5.32 Å². The third-order valence-electron chi connectivity index (χ3n) is 3.31. The van der Waals surface area contributed by atoms with Crippen LogP contribution in [-0.4, -0.2) is 38.7 Å². The maximum Gasteiger partial charge on any atom is 0.310 e. The lowest BCUT2D eigenvalue weighted by Gasteiger charge is -2.08. The summed E-state index contributed by atoms with van der Waals surface area (Å²) in [6, 6.07) is 16.4. The lowest BCUT2D eigenvalue weighted by Crippen LogP contribution is -2.32. The van der Waals surface area contributed by atoms with Crippen LogP contribution >= 0.6 is 0 Å². The Bertz CT molecular complexity index is 670. The van der Waals surface area contributed by atoms with Crippen molar-refractivity contribution in [1.82, 2.24) is 5.32 Å². The van der Waals surface area contributed by atoms with E-state index in [0.29, 0.717) is 18.9 Å². The fraction of sp³-hybridized carbons (Fsp3) is 0.263. The first kappa shape index (κ1) is 18.3. The normalized spacial score (nSPS) is 9.96. The SMILES string of the molecule is COc1ccc(CC(=O)OCC(=O)NCCOc2ccccc2)cc1. The zero-order chi connectivity index (χ0) is 17.9. The number of amides is 1. The van der Waals surface area contributed by atoms with E-state index in [-0.39, 0.29) is 18.9 Å². The minimum absolute atomic E-state index is 0.106. The van der Waals surface area contributed by atoms with E-state index in [9.17, 15) is 9.59 Å². The highest BCUT2D eigenvalue weighted by Gasteiger charge is 2.08. The van der Waals surface area contributed by atoms with Crippen LogP contribution in [0.15, 0.2) is 54.6 Å². The molecule has 0 bridgehead atoms. The number of benzene rings is 2. The highest BCUT2D eigenvalue weighted by atomic mass is 16.5. The van der Waals surface area contributed by atoms with E-state index in [1.807, 2.05) is 30.3 Å². The zero-order valence-corrected chi connectivity index (χ0v) is 14.1. The Balaban J connectivity index is 1.59. The number of para-hydroxylation sites is 1. The molecule has 1 amide bonds. The summed E-state index contributed by atoms with van der Waals surface area (Å²) in [4.78, 5) is 23.4. The van der Waals surface area contributed by atoms with E-state index in [1.165, 1.54) is 0 Å². The third-order valence-corrected chi connectivity index (χ3v) is 3.31. The number of rotatable bonds is 9. The van der Waals surface area contributed by atoms with E-state index in [4.69, 9.17) is 14.2 Å². The van der Waals surface area contributed by atoms with Crippen LogP contribution in [0.25, 0.3) is 0 Å². The average Bonchev–Trinajstić information content (AvgIpc) is 2.65. The Morgan fingerprint density at radius 2 is 1.68 bits per heavy atom. The van der Waals surface area contributed by atoms with Gasteiger partial charge in [-0.2, -0.15) is 0 Å². The van der Waals surface area contributed by atoms with Crippen molar-refractivity contribution < 1.29 is 23.8 Å². The molecule has 0 aromatic heterocycles. The molecule has 2 rings (SSSR count). The van der Waals surface area contributed by atoms with Gasteiger partial charge in [0.25, 0.3) is 5.91 Å². The molecule has 6 heteroatoms. The molecule has 0 fully saturated rings. The van der Waals surface area contributed by atoms with Gasteiger partial charge < -0.3 is 19.5 Å². The number of methoxy groups -OCH3 is 1. The predicted octanol–water partition coefficient (Wildman–Crippen LogP) is 1.98. The molecule has 6 nitrogen and oxygen atoms in total. The van der Waals surface area contributed by atoms with E-state index >= 15 is 0 Å². The van der Waals surface area contributed by atoms with Crippen LogP contribution in [0.1, 0.15) is 5.56 Å². The Hall–Kier alpha value is -3.02. The first-order valence-electron chi connectivity index (χ1n) is 7.90. The highest BCUT2D eigenvalue weighted by Crippen LogP contribution is 2.12. The fourth-order valence-electron chi connectivity index (χ4n) is 2.03. The predicted molar refractivity (Wildman–Crippen MR) is 92.6 cm³/mol. The van der Waals surface area contributed by atoms with Gasteiger partial charge in [0.15, 0.2) is 6.61 Å². The molecule has 0 aliphatic rings. The molecule has 2 aromatic rings. The van der Waals surface area contributed by atoms with Gasteiger partial charge in [0.1, 0.15) is 18.1 Å². The monoisotopic (exact) mass is 343 g/mol. The Morgan fingerprint density at radius 3 is 2.36 bits per heavy atom. The molecule has 2 aromatic carbocycles. The van der Waals surface area contributed by atoms with Gasteiger partial charge in [-0.1, -0.05) is 30.3 Å². The maximum atomic E-state index is 11.7. The van der Waals surface area contributed by atoms with Gasteiger partial charge in [-0.05, 0) is 29.8 Å². The van der Waals surface area contributed by atoms with Crippen molar-refractivity contribution in [3.05, 3.63) is 60.2 Å². The lowest BCUT2D eigenvalue weighted by molar-refractivity contribution is -0.147. The van der Waals surface area contributed by atoms with Crippen molar-refractivity contribution in [2.75, 3.05) is 26.9 Å². The number of carbonyl (C=O) groups is 2. The van der Waals surface area contributed by atoms with Gasteiger partial charge in [0.2, 0.25) is 0 Å². The molecular weight excluding hydrogens is 322 g/mol. The summed E-state index contributed by atoms with van der Waals surface area (Å²) >= 11 is 0. The van der Waals surface area contributed by atoms with Crippen molar-refractivity contribution in [3.8, 4) is 11.5 Å². The number of hydrogen-bond donors (Lipinski definition) is 1. The minimum Gasteiger partial charge on any atom is -0.497 e. The van der Waals surface area contributed by atoms with Crippen LogP contribution in [0, 0.1) is 0 Å². The molecule has 132 valence electrons. The Labute approximate surface area is 146 Å². The highest BCUT2D eigenvalue weighted by molar-refractivity contribution is 5.81. The van der Waals surface area contributed by atoms with E-state index < -0.39 is 5.97 Å². The molecule has 0 saturated heterocycles. The molecule has 0 atom stereocenters. The summed E-state index contributed by atoms with van der Waals surface area (Å²) in [6.45, 7) is 0.375. The number of esters is 1. The zero-order valence-electron chi connectivity index (χ0n) is 14.1. The van der Waals surface area contributed by atoms with Crippen LogP contribution in [0.3, 0.4) is 0 Å². The van der Waals surface area contributed by atoms with Crippen molar-refractivity contribution in [2.24, 2.45) is 0 Å². The molecular formula is C19H21NO5. The fourth-order valence-corrected chi connectivity index (χ4v) is 2.03. The maximum absolute atomic E-state index is 11.7. The molecule has 0 radical (unpaired) electrons. The molecule has 0 aliphatic carbocycles. The first-order valence-corrected chi connectivity index (χ1v) is 7.90. The molecule has 0 aliphatic heterocycles. The van der Waals surface area contributed by atoms with Gasteiger partial charge in [0.05, 0.1) is 20.1 Å². The topological polar surface area (TPSA) is 73.9 Å². The summed E-state index contributed by atoms with van der Waals surface area (Å²) < 4.78 is 15.5. The Kier molecular flexibility index (Phi) is 7.31. The summed E-state index contributed by atoms with van der Waals surface area (Å²) in [7, 11) is 1.58. The minimum atomic E-state index is -0.458. The molecule has 25 heavy (non-hydrogen) atoms. The molecule has 0 saturated carbocycles. The molecule has 1 N–H and O–H groups in total. The van der Waals surface area contributed by atoms with Crippen molar-refractivity contribution in [1.29, 1.82) is 0 Å². The smallest absolute Gasteiger partial charge is 0.310 e. The standard InChI is InChI=1S/C19H21NO5/c1-23-16-9-7-15(8-10-16)13-19(22)25-14-18(21)20-11-12-24-17-5-3-2-4-6-17/h2-10H,11-14H2,1H3,(H,20,21). The number of ether oxygens (including phenoxy) is 3. The van der Waals surface area contributed by atoms with Crippen LogP contribution in [0.2, 0.25) is 0 Å². The number of carbonyl (C=O) groups excluding carboxylic acids is 2. The van der Waals surface area contributed by atoms with E-state index in [1.54, 1.807) is 31.4 Å². The first-order chi connectivity index (χ1) is 12.2. The number of hydrogen-bond acceptors (Lipinski definition) is 5. The molecule has 0 spiro atoms. The largest absolute Gasteiger partial charge is 0.497 e. The molecule has 0 heterocycles. The quantitative estimate of drug-likeness (QED) is 0.557. The third kappa shape index (κ3) is 6.95. The number of nitrogens with one attached hydrogen (secondary N) is 1. The van der Waals surface area contributed by atoms with Crippen LogP contribution in [0.4, 0.5) is 0 Å². The lowest BCUT2D eigenvalue weighted by atomic mass is 10.1. The second-order valence-corrected chi connectivity index (χ2v) is 5.20. The van der Waals surface area contributed by atoms with Crippen LogP contribution < -0.4 is 14.8 Å². The summed E-state index contributed by atoms with van der Waals surface area (Å²) in [5.41, 5.74) is 0.794. The van der Waals surface area contributed by atoms with Gasteiger partial charge in [-0.15, -0.1) is 0 Å². The average molecular weight is 343 g/mol. The van der Waals surface area contributed by atoms with E-state index in [0.717, 1.165) is 11.3 Å². The molecule has 0 unspecified atom stereocenters. The Morgan fingerprint density at radius 1 is 0.960 bits per heavy atom. The van der Waals surface area contributed by atoms with Crippen LogP contribution in [0.5, 0.6) is 11.5 Å². The van der Waals surface area contributed by atoms with Gasteiger partial charge in [-0.3, -0.25) is 9.59 Å². The second kappa shape index (κ2) is 9.97. The van der Waals surface area contributed by atoms with Crippen molar-refractivity contribution in [3.63, 3.8) is 0 Å². The van der Waals surface area contributed by atoms with Crippen molar-refractivity contribution in [2.45, 2.75) is 6.42 Å². The van der Waals surface area contributed by atoms with Gasteiger partial charge >= 0.3 is 5.97 Å². The van der Waals surface area contributed by atoms with Gasteiger partial charge in [0, 0.05) is 0 Å². The summed E-state index contributed by atoms with van der Waals surface area (Å²) in [6.07, 6.45) is 0.106.